The largest absolute Gasteiger partial charge is 0.342 e. The van der Waals surface area contributed by atoms with Crippen LogP contribution in [-0.4, -0.2) is 43.9 Å². The van der Waals surface area contributed by atoms with Crippen LogP contribution in [-0.2, 0) is 4.79 Å². The first-order chi connectivity index (χ1) is 11.8. The maximum absolute atomic E-state index is 12.3. The Morgan fingerprint density at radius 1 is 1.25 bits per heavy atom. The number of fused-ring (bicyclic) bond motifs is 1. The van der Waals surface area contributed by atoms with E-state index in [1.54, 1.807) is 31.0 Å². The summed E-state index contributed by atoms with van der Waals surface area (Å²) < 4.78 is 0. The molecule has 3 aromatic rings. The van der Waals surface area contributed by atoms with Crippen LogP contribution < -0.4 is 10.2 Å². The van der Waals surface area contributed by atoms with Crippen LogP contribution in [0.25, 0.3) is 11.2 Å². The molecule has 4 heterocycles. The number of rotatable bonds is 3. The third-order valence-corrected chi connectivity index (χ3v) is 4.24. The van der Waals surface area contributed by atoms with Crippen molar-refractivity contribution in [2.24, 2.45) is 5.92 Å². The first-order valence-corrected chi connectivity index (χ1v) is 7.91. The lowest BCUT2D eigenvalue weighted by molar-refractivity contribution is -0.120. The predicted octanol–water partition coefficient (Wildman–Crippen LogP) is 1.60. The highest BCUT2D eigenvalue weighted by Gasteiger charge is 2.26. The second kappa shape index (κ2) is 6.23. The Bertz CT molecular complexity index is 840. The van der Waals surface area contributed by atoms with Gasteiger partial charge in [-0.2, -0.15) is 4.98 Å². The number of carbonyl (C=O) groups excluding carboxylic acids is 1. The zero-order valence-electron chi connectivity index (χ0n) is 13.0. The SMILES string of the molecule is O=C(Nc1cccnc1)C1CCN(c2ncc3[nH]cnc3n2)CC1. The maximum Gasteiger partial charge on any atom is 0.227 e. The molecule has 1 aliphatic rings. The molecule has 0 saturated carbocycles. The van der Waals surface area contributed by atoms with Crippen LogP contribution in [0.5, 0.6) is 0 Å². The monoisotopic (exact) mass is 323 g/mol. The van der Waals surface area contributed by atoms with Gasteiger partial charge in [0.05, 0.1) is 24.4 Å². The van der Waals surface area contributed by atoms with E-state index < -0.39 is 0 Å². The standard InChI is InChI=1S/C16H17N7O/c24-15(21-12-2-1-5-17-8-12)11-3-6-23(7-4-11)16-18-9-13-14(22-16)20-10-19-13/h1-2,5,8-11H,3-4,6-7H2,(H,21,24)(H,18,19,20,22). The Morgan fingerprint density at radius 2 is 2.12 bits per heavy atom. The van der Waals surface area contributed by atoms with E-state index in [4.69, 9.17) is 0 Å². The van der Waals surface area contributed by atoms with E-state index >= 15 is 0 Å². The first-order valence-electron chi connectivity index (χ1n) is 7.91. The number of nitrogens with zero attached hydrogens (tertiary/aromatic N) is 5. The summed E-state index contributed by atoms with van der Waals surface area (Å²) in [5.41, 5.74) is 2.22. The van der Waals surface area contributed by atoms with Gasteiger partial charge in [0.1, 0.15) is 5.52 Å². The fourth-order valence-corrected chi connectivity index (χ4v) is 2.90. The van der Waals surface area contributed by atoms with Gasteiger partial charge in [-0.1, -0.05) is 0 Å². The fourth-order valence-electron chi connectivity index (χ4n) is 2.90. The number of pyridine rings is 1. The second-order valence-corrected chi connectivity index (χ2v) is 5.80. The van der Waals surface area contributed by atoms with Crippen molar-refractivity contribution in [3.8, 4) is 0 Å². The minimum atomic E-state index is -0.00410. The lowest BCUT2D eigenvalue weighted by Crippen LogP contribution is -2.39. The Hall–Kier alpha value is -3.03. The Morgan fingerprint density at radius 3 is 2.92 bits per heavy atom. The third kappa shape index (κ3) is 2.90. The van der Waals surface area contributed by atoms with Gasteiger partial charge in [0.15, 0.2) is 5.65 Å². The average Bonchev–Trinajstić information content (AvgIpc) is 3.10. The molecule has 2 N–H and O–H groups in total. The minimum Gasteiger partial charge on any atom is -0.342 e. The topological polar surface area (TPSA) is 99.7 Å². The molecular weight excluding hydrogens is 306 g/mol. The van der Waals surface area contributed by atoms with Gasteiger partial charge in [0, 0.05) is 25.2 Å². The molecule has 1 fully saturated rings. The van der Waals surface area contributed by atoms with Crippen molar-refractivity contribution in [2.45, 2.75) is 12.8 Å². The number of nitrogens with one attached hydrogen (secondary N) is 2. The maximum atomic E-state index is 12.3. The summed E-state index contributed by atoms with van der Waals surface area (Å²) in [5.74, 6) is 0.711. The van der Waals surface area contributed by atoms with E-state index in [1.165, 1.54) is 0 Å². The molecule has 0 aromatic carbocycles. The zero-order valence-corrected chi connectivity index (χ0v) is 13.0. The van der Waals surface area contributed by atoms with E-state index in [9.17, 15) is 4.79 Å². The van der Waals surface area contributed by atoms with Gasteiger partial charge in [0.2, 0.25) is 11.9 Å². The number of aromatic amines is 1. The summed E-state index contributed by atoms with van der Waals surface area (Å²) in [5, 5.41) is 2.92. The quantitative estimate of drug-likeness (QED) is 0.759. The highest BCUT2D eigenvalue weighted by molar-refractivity contribution is 5.92. The minimum absolute atomic E-state index is 0.00410. The molecule has 8 heteroatoms. The normalized spacial score (nSPS) is 15.6. The molecule has 1 aliphatic heterocycles. The van der Waals surface area contributed by atoms with E-state index in [2.05, 4.69) is 35.1 Å². The molecule has 24 heavy (non-hydrogen) atoms. The number of hydrogen-bond donors (Lipinski definition) is 2. The van der Waals surface area contributed by atoms with Gasteiger partial charge in [0.25, 0.3) is 0 Å². The number of carbonyl (C=O) groups is 1. The van der Waals surface area contributed by atoms with Crippen molar-refractivity contribution in [1.82, 2.24) is 24.9 Å². The Kier molecular flexibility index (Phi) is 3.78. The zero-order chi connectivity index (χ0) is 16.4. The molecule has 0 bridgehead atoms. The van der Waals surface area contributed by atoms with Gasteiger partial charge < -0.3 is 15.2 Å². The van der Waals surface area contributed by atoms with Crippen molar-refractivity contribution in [3.63, 3.8) is 0 Å². The molecule has 3 aromatic heterocycles. The smallest absolute Gasteiger partial charge is 0.227 e. The molecule has 1 saturated heterocycles. The summed E-state index contributed by atoms with van der Waals surface area (Å²) in [6.07, 6.45) is 8.23. The highest BCUT2D eigenvalue weighted by Crippen LogP contribution is 2.22. The summed E-state index contributed by atoms with van der Waals surface area (Å²) in [6, 6.07) is 3.65. The molecule has 1 amide bonds. The van der Waals surface area contributed by atoms with Gasteiger partial charge in [-0.25, -0.2) is 9.97 Å². The molecule has 0 radical (unpaired) electrons. The van der Waals surface area contributed by atoms with Crippen LogP contribution in [0.2, 0.25) is 0 Å². The van der Waals surface area contributed by atoms with Gasteiger partial charge in [-0.3, -0.25) is 9.78 Å². The average molecular weight is 323 g/mol. The second-order valence-electron chi connectivity index (χ2n) is 5.80. The number of piperidine rings is 1. The molecule has 8 nitrogen and oxygen atoms in total. The van der Waals surface area contributed by atoms with Gasteiger partial charge >= 0.3 is 0 Å². The van der Waals surface area contributed by atoms with Crippen molar-refractivity contribution in [1.29, 1.82) is 0 Å². The number of hydrogen-bond acceptors (Lipinski definition) is 6. The Balaban J connectivity index is 1.38. The van der Waals surface area contributed by atoms with E-state index in [1.807, 2.05) is 6.07 Å². The summed E-state index contributed by atoms with van der Waals surface area (Å²) in [4.78, 5) is 34.4. The molecule has 0 atom stereocenters. The third-order valence-electron chi connectivity index (χ3n) is 4.24. The van der Waals surface area contributed by atoms with E-state index in [0.29, 0.717) is 11.6 Å². The number of amides is 1. The molecule has 0 unspecified atom stereocenters. The van der Waals surface area contributed by atoms with Crippen LogP contribution in [0.3, 0.4) is 0 Å². The number of anilines is 2. The lowest BCUT2D eigenvalue weighted by Gasteiger charge is -2.31. The lowest BCUT2D eigenvalue weighted by atomic mass is 9.96. The van der Waals surface area contributed by atoms with Crippen molar-refractivity contribution < 1.29 is 4.79 Å². The first kappa shape index (κ1) is 14.6. The van der Waals surface area contributed by atoms with Crippen molar-refractivity contribution in [3.05, 3.63) is 37.1 Å². The summed E-state index contributed by atoms with van der Waals surface area (Å²) >= 11 is 0. The van der Waals surface area contributed by atoms with Crippen molar-refractivity contribution in [2.75, 3.05) is 23.3 Å². The molecule has 0 aliphatic carbocycles. The number of H-pyrrole nitrogens is 1. The van der Waals surface area contributed by atoms with Gasteiger partial charge in [-0.15, -0.1) is 0 Å². The van der Waals surface area contributed by atoms with Crippen LogP contribution in [0, 0.1) is 5.92 Å². The fraction of sp³-hybridized carbons (Fsp3) is 0.312. The number of imidazole rings is 1. The summed E-state index contributed by atoms with van der Waals surface area (Å²) in [6.45, 7) is 1.50. The van der Waals surface area contributed by atoms with Crippen LogP contribution in [0.4, 0.5) is 11.6 Å². The van der Waals surface area contributed by atoms with Crippen molar-refractivity contribution >= 4 is 28.7 Å². The molecular formula is C16H17N7O. The molecule has 4 rings (SSSR count). The summed E-state index contributed by atoms with van der Waals surface area (Å²) in [7, 11) is 0. The highest BCUT2D eigenvalue weighted by atomic mass is 16.1. The van der Waals surface area contributed by atoms with Crippen LogP contribution in [0.1, 0.15) is 12.8 Å². The predicted molar refractivity (Wildman–Crippen MR) is 89.5 cm³/mol. The van der Waals surface area contributed by atoms with E-state index in [-0.39, 0.29) is 11.8 Å². The number of aromatic nitrogens is 5. The van der Waals surface area contributed by atoms with Gasteiger partial charge in [-0.05, 0) is 25.0 Å². The molecule has 122 valence electrons. The Labute approximate surface area is 138 Å². The van der Waals surface area contributed by atoms with Crippen LogP contribution in [0.15, 0.2) is 37.1 Å². The molecule has 0 spiro atoms. The van der Waals surface area contributed by atoms with E-state index in [0.717, 1.165) is 37.1 Å². The van der Waals surface area contributed by atoms with Crippen LogP contribution >= 0.6 is 0 Å².